The van der Waals surface area contributed by atoms with Crippen molar-refractivity contribution in [3.8, 4) is 11.5 Å². The number of rotatable bonds is 4. The van der Waals surface area contributed by atoms with Gasteiger partial charge in [0.05, 0.1) is 0 Å². The van der Waals surface area contributed by atoms with Crippen LogP contribution in [0.15, 0.2) is 60.7 Å². The van der Waals surface area contributed by atoms with E-state index in [9.17, 15) is 5.11 Å². The molecule has 0 heterocycles. The smallest absolute Gasteiger partial charge is 0.116 e. The number of benzene rings is 3. The van der Waals surface area contributed by atoms with Gasteiger partial charge in [-0.05, 0) is 70.8 Å². The average molecular weight is 351 g/mol. The molecule has 2 N–H and O–H groups in total. The summed E-state index contributed by atoms with van der Waals surface area (Å²) < 4.78 is 0. The Bertz CT molecular complexity index is 821. The third kappa shape index (κ3) is 5.26. The van der Waals surface area contributed by atoms with Gasteiger partial charge in [-0.15, -0.1) is 0 Å². The molecule has 3 rings (SSSR count). The van der Waals surface area contributed by atoms with Crippen LogP contribution in [0, 0.1) is 0 Å². The monoisotopic (exact) mass is 350 g/mol. The third-order valence-corrected chi connectivity index (χ3v) is 5.10. The molecule has 0 bridgehead atoms. The van der Waals surface area contributed by atoms with Gasteiger partial charge in [-0.25, -0.2) is 0 Å². The molecule has 3 aromatic rings. The summed E-state index contributed by atoms with van der Waals surface area (Å²) in [5.41, 5.74) is 2.67. The molecule has 138 valence electrons. The van der Waals surface area contributed by atoms with Crippen LogP contribution in [0.25, 0.3) is 10.8 Å². The summed E-state index contributed by atoms with van der Waals surface area (Å²) in [4.78, 5) is 0. The van der Waals surface area contributed by atoms with E-state index in [4.69, 9.17) is 5.11 Å². The summed E-state index contributed by atoms with van der Waals surface area (Å²) in [6.07, 6.45) is 2.30. The third-order valence-electron chi connectivity index (χ3n) is 5.10. The zero-order valence-corrected chi connectivity index (χ0v) is 16.2. The lowest BCUT2D eigenvalue weighted by Gasteiger charge is -2.09. The minimum absolute atomic E-state index is 0.332. The van der Waals surface area contributed by atoms with Gasteiger partial charge in [0.2, 0.25) is 0 Å². The first-order chi connectivity index (χ1) is 12.4. The molecule has 0 saturated carbocycles. The van der Waals surface area contributed by atoms with Crippen molar-refractivity contribution >= 4 is 10.8 Å². The molecule has 26 heavy (non-hydrogen) atoms. The SMILES string of the molecule is CCC(C)c1ccc(O)cc1.CCC(C)c1ccc2cc(O)ccc2c1. The Morgan fingerprint density at radius 3 is 1.69 bits per heavy atom. The highest BCUT2D eigenvalue weighted by Crippen LogP contribution is 2.25. The number of phenolic OH excluding ortho intramolecular Hbond substituents is 2. The lowest BCUT2D eigenvalue weighted by atomic mass is 9.96. The predicted octanol–water partition coefficient (Wildman–Crippen LogP) is 6.96. The van der Waals surface area contributed by atoms with Crippen molar-refractivity contribution in [2.45, 2.75) is 52.4 Å². The molecule has 0 aliphatic carbocycles. The molecule has 2 nitrogen and oxygen atoms in total. The van der Waals surface area contributed by atoms with Crippen molar-refractivity contribution in [2.24, 2.45) is 0 Å². The summed E-state index contributed by atoms with van der Waals surface area (Å²) >= 11 is 0. The van der Waals surface area contributed by atoms with Crippen molar-refractivity contribution in [1.82, 2.24) is 0 Å². The number of phenols is 2. The van der Waals surface area contributed by atoms with E-state index in [2.05, 4.69) is 45.9 Å². The van der Waals surface area contributed by atoms with Crippen LogP contribution in [0.5, 0.6) is 11.5 Å². The maximum Gasteiger partial charge on any atom is 0.116 e. The van der Waals surface area contributed by atoms with Crippen LogP contribution in [-0.2, 0) is 0 Å². The summed E-state index contributed by atoms with van der Waals surface area (Å²) in [7, 11) is 0. The molecule has 0 saturated heterocycles. The predicted molar refractivity (Wildman–Crippen MR) is 111 cm³/mol. The molecule has 3 aromatic carbocycles. The van der Waals surface area contributed by atoms with Crippen molar-refractivity contribution in [3.05, 3.63) is 71.8 Å². The van der Waals surface area contributed by atoms with E-state index in [-0.39, 0.29) is 0 Å². The molecular formula is C24H30O2. The van der Waals surface area contributed by atoms with Gasteiger partial charge in [-0.1, -0.05) is 64.1 Å². The first-order valence-electron chi connectivity index (χ1n) is 9.46. The topological polar surface area (TPSA) is 40.5 Å². The van der Waals surface area contributed by atoms with Gasteiger partial charge in [0.25, 0.3) is 0 Å². The van der Waals surface area contributed by atoms with Crippen molar-refractivity contribution in [3.63, 3.8) is 0 Å². The number of aromatic hydroxyl groups is 2. The van der Waals surface area contributed by atoms with Crippen LogP contribution < -0.4 is 0 Å². The highest BCUT2D eigenvalue weighted by atomic mass is 16.3. The molecule has 0 fully saturated rings. The zero-order valence-electron chi connectivity index (χ0n) is 16.2. The van der Waals surface area contributed by atoms with E-state index in [0.29, 0.717) is 23.3 Å². The van der Waals surface area contributed by atoms with E-state index in [1.165, 1.54) is 16.5 Å². The van der Waals surface area contributed by atoms with E-state index in [1.54, 1.807) is 24.3 Å². The molecule has 0 aliphatic heterocycles. The number of hydrogen-bond donors (Lipinski definition) is 2. The van der Waals surface area contributed by atoms with Crippen LogP contribution in [0.2, 0.25) is 0 Å². The molecule has 0 radical (unpaired) electrons. The molecular weight excluding hydrogens is 320 g/mol. The van der Waals surface area contributed by atoms with Crippen molar-refractivity contribution in [1.29, 1.82) is 0 Å². The van der Waals surface area contributed by atoms with Gasteiger partial charge in [0.1, 0.15) is 11.5 Å². The van der Waals surface area contributed by atoms with Gasteiger partial charge in [-0.3, -0.25) is 0 Å². The lowest BCUT2D eigenvalue weighted by molar-refractivity contribution is 0.474. The highest BCUT2D eigenvalue weighted by molar-refractivity contribution is 5.84. The molecule has 2 unspecified atom stereocenters. The summed E-state index contributed by atoms with van der Waals surface area (Å²) in [5.74, 6) is 1.87. The second kappa shape index (κ2) is 9.28. The second-order valence-corrected chi connectivity index (χ2v) is 7.00. The van der Waals surface area contributed by atoms with E-state index in [0.717, 1.165) is 18.2 Å². The zero-order chi connectivity index (χ0) is 19.1. The van der Waals surface area contributed by atoms with Gasteiger partial charge >= 0.3 is 0 Å². The Morgan fingerprint density at radius 1 is 0.615 bits per heavy atom. The fourth-order valence-electron chi connectivity index (χ4n) is 2.83. The summed E-state index contributed by atoms with van der Waals surface area (Å²) in [5, 5.41) is 20.7. The first-order valence-corrected chi connectivity index (χ1v) is 9.46. The standard InChI is InChI=1S/C14H16O.C10H14O/c1-3-10(2)11-4-5-13-9-14(15)7-6-12(13)8-11;1-3-8(2)9-4-6-10(11)7-5-9/h4-10,15H,3H2,1-2H3;4-8,11H,3H2,1-2H3. The molecule has 0 spiro atoms. The summed E-state index contributed by atoms with van der Waals surface area (Å²) in [6, 6.07) is 19.4. The van der Waals surface area contributed by atoms with Crippen LogP contribution in [-0.4, -0.2) is 10.2 Å². The maximum atomic E-state index is 9.35. The first kappa shape index (κ1) is 19.8. The van der Waals surface area contributed by atoms with E-state index in [1.807, 2.05) is 18.2 Å². The minimum atomic E-state index is 0.332. The molecule has 0 amide bonds. The Balaban J connectivity index is 0.000000197. The number of fused-ring (bicyclic) bond motifs is 1. The Kier molecular flexibility index (Phi) is 7.08. The van der Waals surface area contributed by atoms with Crippen molar-refractivity contribution < 1.29 is 10.2 Å². The van der Waals surface area contributed by atoms with Gasteiger partial charge < -0.3 is 10.2 Å². The van der Waals surface area contributed by atoms with Crippen LogP contribution >= 0.6 is 0 Å². The fourth-order valence-corrected chi connectivity index (χ4v) is 2.83. The minimum Gasteiger partial charge on any atom is -0.508 e. The Morgan fingerprint density at radius 2 is 1.08 bits per heavy atom. The highest BCUT2D eigenvalue weighted by Gasteiger charge is 2.04. The van der Waals surface area contributed by atoms with Crippen LogP contribution in [0.4, 0.5) is 0 Å². The molecule has 2 atom stereocenters. The van der Waals surface area contributed by atoms with Gasteiger partial charge in [-0.2, -0.15) is 0 Å². The molecule has 2 heteroatoms. The van der Waals surface area contributed by atoms with Gasteiger partial charge in [0.15, 0.2) is 0 Å². The lowest BCUT2D eigenvalue weighted by Crippen LogP contribution is -1.90. The van der Waals surface area contributed by atoms with E-state index >= 15 is 0 Å². The molecule has 0 aliphatic rings. The number of hydrogen-bond acceptors (Lipinski definition) is 2. The second-order valence-electron chi connectivity index (χ2n) is 7.00. The summed E-state index contributed by atoms with van der Waals surface area (Å²) in [6.45, 7) is 8.79. The van der Waals surface area contributed by atoms with Crippen molar-refractivity contribution in [2.75, 3.05) is 0 Å². The largest absolute Gasteiger partial charge is 0.508 e. The maximum absolute atomic E-state index is 9.35. The van der Waals surface area contributed by atoms with Gasteiger partial charge in [0, 0.05) is 0 Å². The fraction of sp³-hybridized carbons (Fsp3) is 0.333. The van der Waals surface area contributed by atoms with Crippen LogP contribution in [0.3, 0.4) is 0 Å². The molecule has 0 aromatic heterocycles. The quantitative estimate of drug-likeness (QED) is 0.533. The van der Waals surface area contributed by atoms with Crippen LogP contribution in [0.1, 0.15) is 63.5 Å². The average Bonchev–Trinajstić information content (AvgIpc) is 2.67. The Labute approximate surface area is 157 Å². The normalized spacial score (nSPS) is 12.9. The van der Waals surface area contributed by atoms with E-state index < -0.39 is 0 Å². The Hall–Kier alpha value is -2.48.